The zero-order valence-electron chi connectivity index (χ0n) is 15.1. The Hall–Kier alpha value is -0.340. The molecule has 2 nitrogen and oxygen atoms in total. The topological polar surface area (TPSA) is 40.5 Å². The molecule has 0 saturated heterocycles. The quantitative estimate of drug-likeness (QED) is 0.731. The third-order valence-corrected chi connectivity index (χ3v) is 6.80. The normalized spacial score (nSPS) is 39.4. The summed E-state index contributed by atoms with van der Waals surface area (Å²) >= 11 is 0. The molecule has 0 radical (unpaired) electrons. The van der Waals surface area contributed by atoms with E-state index in [1.54, 1.807) is 0 Å². The number of fused-ring (bicyclic) bond motifs is 1. The molecule has 2 aliphatic carbocycles. The fourth-order valence-electron chi connectivity index (χ4n) is 5.82. The Morgan fingerprint density at radius 3 is 2.55 bits per heavy atom. The Morgan fingerprint density at radius 1 is 1.23 bits per heavy atom. The summed E-state index contributed by atoms with van der Waals surface area (Å²) in [6.45, 7) is 14.0. The SMILES string of the molecule is C=C1C[C@@H](O)[C@@H]2C(C)(C)CCC[C@]2(C)[C@H]1CC[C@H](C)CCO. The molecule has 0 unspecified atom stereocenters. The molecule has 0 aromatic rings. The fraction of sp³-hybridized carbons (Fsp3) is 0.900. The minimum atomic E-state index is -0.223. The highest BCUT2D eigenvalue weighted by Crippen LogP contribution is 2.61. The lowest BCUT2D eigenvalue weighted by atomic mass is 9.46. The van der Waals surface area contributed by atoms with Gasteiger partial charge in [-0.15, -0.1) is 0 Å². The Kier molecular flexibility index (Phi) is 5.44. The molecule has 2 aliphatic rings. The first-order chi connectivity index (χ1) is 10.2. The number of hydrogen-bond acceptors (Lipinski definition) is 2. The third-order valence-electron chi connectivity index (χ3n) is 6.80. The molecule has 0 spiro atoms. The molecule has 5 atom stereocenters. The van der Waals surface area contributed by atoms with Gasteiger partial charge in [-0.1, -0.05) is 52.7 Å². The lowest BCUT2D eigenvalue weighted by molar-refractivity contribution is -0.122. The van der Waals surface area contributed by atoms with Crippen LogP contribution in [0.3, 0.4) is 0 Å². The van der Waals surface area contributed by atoms with Gasteiger partial charge in [0.15, 0.2) is 0 Å². The molecule has 128 valence electrons. The predicted octanol–water partition coefficient (Wildman–Crippen LogP) is 4.55. The van der Waals surface area contributed by atoms with Gasteiger partial charge < -0.3 is 10.2 Å². The van der Waals surface area contributed by atoms with E-state index in [0.717, 1.165) is 25.7 Å². The van der Waals surface area contributed by atoms with Crippen LogP contribution >= 0.6 is 0 Å². The zero-order chi connectivity index (χ0) is 16.5. The van der Waals surface area contributed by atoms with Crippen molar-refractivity contribution in [2.24, 2.45) is 28.6 Å². The first-order valence-electron chi connectivity index (χ1n) is 9.19. The van der Waals surface area contributed by atoms with E-state index in [2.05, 4.69) is 34.3 Å². The predicted molar refractivity (Wildman–Crippen MR) is 92.6 cm³/mol. The van der Waals surface area contributed by atoms with Gasteiger partial charge in [-0.2, -0.15) is 0 Å². The van der Waals surface area contributed by atoms with E-state index >= 15 is 0 Å². The Balaban J connectivity index is 2.19. The van der Waals surface area contributed by atoms with Crippen molar-refractivity contribution in [3.63, 3.8) is 0 Å². The highest BCUT2D eigenvalue weighted by molar-refractivity contribution is 5.18. The number of rotatable bonds is 5. The van der Waals surface area contributed by atoms with Crippen molar-refractivity contribution in [1.29, 1.82) is 0 Å². The molecule has 0 amide bonds. The molecule has 0 aliphatic heterocycles. The van der Waals surface area contributed by atoms with Crippen molar-refractivity contribution in [3.8, 4) is 0 Å². The minimum Gasteiger partial charge on any atom is -0.396 e. The summed E-state index contributed by atoms with van der Waals surface area (Å²) in [6.07, 6.45) is 7.48. The minimum absolute atomic E-state index is 0.190. The second kappa shape index (κ2) is 6.65. The molecular formula is C20H36O2. The summed E-state index contributed by atoms with van der Waals surface area (Å²) in [4.78, 5) is 0. The van der Waals surface area contributed by atoms with Gasteiger partial charge in [0.2, 0.25) is 0 Å². The van der Waals surface area contributed by atoms with Crippen LogP contribution in [0, 0.1) is 28.6 Å². The van der Waals surface area contributed by atoms with Crippen LogP contribution in [0.5, 0.6) is 0 Å². The van der Waals surface area contributed by atoms with Gasteiger partial charge in [-0.05, 0) is 60.7 Å². The molecule has 2 saturated carbocycles. The van der Waals surface area contributed by atoms with E-state index in [-0.39, 0.29) is 16.9 Å². The van der Waals surface area contributed by atoms with E-state index < -0.39 is 0 Å². The van der Waals surface area contributed by atoms with Crippen molar-refractivity contribution in [2.75, 3.05) is 6.61 Å². The molecule has 0 aromatic heterocycles. The standard InChI is InChI=1S/C20H36O2/c1-14(9-12-21)7-8-16-15(2)13-17(22)18-19(3,4)10-6-11-20(16,18)5/h14,16-18,21-22H,2,6-13H2,1,3-5H3/t14-,16-,17+,18+,20+/m0/s1. The molecule has 2 fully saturated rings. The molecule has 0 aromatic carbocycles. The summed E-state index contributed by atoms with van der Waals surface area (Å²) in [5.74, 6) is 1.49. The van der Waals surface area contributed by atoms with Crippen molar-refractivity contribution < 1.29 is 10.2 Å². The van der Waals surface area contributed by atoms with E-state index in [1.807, 2.05) is 0 Å². The van der Waals surface area contributed by atoms with Crippen LogP contribution in [0.25, 0.3) is 0 Å². The summed E-state index contributed by atoms with van der Waals surface area (Å²) < 4.78 is 0. The van der Waals surface area contributed by atoms with Gasteiger partial charge in [0.05, 0.1) is 6.10 Å². The van der Waals surface area contributed by atoms with Gasteiger partial charge in [-0.25, -0.2) is 0 Å². The molecule has 0 bridgehead atoms. The lowest BCUT2D eigenvalue weighted by Crippen LogP contribution is -2.55. The van der Waals surface area contributed by atoms with Gasteiger partial charge in [0.25, 0.3) is 0 Å². The Morgan fingerprint density at radius 2 is 1.91 bits per heavy atom. The van der Waals surface area contributed by atoms with Crippen molar-refractivity contribution >= 4 is 0 Å². The largest absolute Gasteiger partial charge is 0.396 e. The average Bonchev–Trinajstić information content (AvgIpc) is 2.36. The zero-order valence-corrected chi connectivity index (χ0v) is 15.1. The second-order valence-electron chi connectivity index (χ2n) is 9.00. The van der Waals surface area contributed by atoms with Crippen molar-refractivity contribution in [3.05, 3.63) is 12.2 Å². The van der Waals surface area contributed by atoms with Crippen molar-refractivity contribution in [1.82, 2.24) is 0 Å². The van der Waals surface area contributed by atoms with E-state index in [0.29, 0.717) is 24.4 Å². The second-order valence-corrected chi connectivity index (χ2v) is 9.00. The monoisotopic (exact) mass is 308 g/mol. The average molecular weight is 309 g/mol. The maximum absolute atomic E-state index is 10.8. The van der Waals surface area contributed by atoms with Crippen LogP contribution in [0.4, 0.5) is 0 Å². The first kappa shape index (κ1) is 18.0. The number of hydrogen-bond donors (Lipinski definition) is 2. The van der Waals surface area contributed by atoms with Crippen LogP contribution in [0.15, 0.2) is 12.2 Å². The maximum atomic E-state index is 10.8. The number of aliphatic hydroxyl groups is 2. The van der Waals surface area contributed by atoms with E-state index in [4.69, 9.17) is 5.11 Å². The summed E-state index contributed by atoms with van der Waals surface area (Å²) in [6, 6.07) is 0. The first-order valence-corrected chi connectivity index (χ1v) is 9.19. The highest BCUT2D eigenvalue weighted by Gasteiger charge is 2.56. The maximum Gasteiger partial charge on any atom is 0.0615 e. The third kappa shape index (κ3) is 3.28. The summed E-state index contributed by atoms with van der Waals surface area (Å²) in [7, 11) is 0. The smallest absolute Gasteiger partial charge is 0.0615 e. The van der Waals surface area contributed by atoms with Gasteiger partial charge in [0.1, 0.15) is 0 Å². The Labute approximate surface area is 137 Å². The summed E-state index contributed by atoms with van der Waals surface area (Å²) in [5.41, 5.74) is 1.68. The van der Waals surface area contributed by atoms with Gasteiger partial charge in [-0.3, -0.25) is 0 Å². The lowest BCUT2D eigenvalue weighted by Gasteiger charge is -2.59. The highest BCUT2D eigenvalue weighted by atomic mass is 16.3. The van der Waals surface area contributed by atoms with Gasteiger partial charge in [0, 0.05) is 6.61 Å². The van der Waals surface area contributed by atoms with Crippen LogP contribution in [-0.4, -0.2) is 22.9 Å². The van der Waals surface area contributed by atoms with Gasteiger partial charge >= 0.3 is 0 Å². The Bertz CT molecular complexity index is 401. The van der Waals surface area contributed by atoms with E-state index in [9.17, 15) is 5.11 Å². The fourth-order valence-corrected chi connectivity index (χ4v) is 5.82. The molecule has 2 heteroatoms. The van der Waals surface area contributed by atoms with Crippen LogP contribution < -0.4 is 0 Å². The molecular weight excluding hydrogens is 272 g/mol. The molecule has 22 heavy (non-hydrogen) atoms. The van der Waals surface area contributed by atoms with Crippen molar-refractivity contribution in [2.45, 2.75) is 78.7 Å². The molecule has 2 N–H and O–H groups in total. The van der Waals surface area contributed by atoms with E-state index in [1.165, 1.54) is 24.8 Å². The number of aliphatic hydroxyl groups excluding tert-OH is 2. The summed E-state index contributed by atoms with van der Waals surface area (Å²) in [5, 5.41) is 19.9. The van der Waals surface area contributed by atoms with Crippen LogP contribution in [0.2, 0.25) is 0 Å². The molecule has 2 rings (SSSR count). The van der Waals surface area contributed by atoms with Crippen LogP contribution in [0.1, 0.15) is 72.6 Å². The molecule has 0 heterocycles. The van der Waals surface area contributed by atoms with Crippen LogP contribution in [-0.2, 0) is 0 Å².